The standard InChI is InChI=1S/C39H63NO9/c1-21-18-24(32(35(6,7)45)47-23(3)41)48-30-29(21)36(8)14-15-39-20-38(39)13-12-27(49-28-19-40(16-17-46-28)22(2)33(43)44)34(4,5)25(38)10-11-26(39)37(36,9)31(30)42/h21-22,24-32,42,45H,10-20H2,1-9H3,(H,43,44)/t21-,22?,24?,25+,26?,27?,28+,29+,30?,31+,32+,36?,37-,38?,39?/m1/s1. The molecule has 10 nitrogen and oxygen atoms in total. The van der Waals surface area contributed by atoms with Crippen molar-refractivity contribution in [2.45, 2.75) is 162 Å². The van der Waals surface area contributed by atoms with E-state index in [2.05, 4.69) is 34.6 Å². The number of aliphatic hydroxyl groups is 2. The molecule has 2 aliphatic heterocycles. The summed E-state index contributed by atoms with van der Waals surface area (Å²) in [6.45, 7) is 19.8. The van der Waals surface area contributed by atoms with Crippen molar-refractivity contribution >= 4 is 11.9 Å². The van der Waals surface area contributed by atoms with Gasteiger partial charge in [-0.2, -0.15) is 0 Å². The van der Waals surface area contributed by atoms with Crippen LogP contribution in [-0.2, 0) is 28.5 Å². The lowest BCUT2D eigenvalue weighted by Gasteiger charge is -2.64. The molecule has 15 atom stereocenters. The third kappa shape index (κ3) is 4.99. The predicted octanol–water partition coefficient (Wildman–Crippen LogP) is 5.02. The van der Waals surface area contributed by atoms with Gasteiger partial charge in [-0.1, -0.05) is 34.6 Å². The smallest absolute Gasteiger partial charge is 0.320 e. The van der Waals surface area contributed by atoms with E-state index in [1.807, 2.05) is 4.90 Å². The molecule has 0 aromatic heterocycles. The highest BCUT2D eigenvalue weighted by Crippen LogP contribution is 2.89. The molecular weight excluding hydrogens is 626 g/mol. The van der Waals surface area contributed by atoms with Crippen LogP contribution in [0.15, 0.2) is 0 Å². The van der Waals surface area contributed by atoms with E-state index < -0.39 is 48.2 Å². The maximum absolute atomic E-state index is 12.6. The van der Waals surface area contributed by atoms with Crippen molar-refractivity contribution in [1.82, 2.24) is 4.90 Å². The number of fused-ring (bicyclic) bond motifs is 4. The monoisotopic (exact) mass is 689 g/mol. The van der Waals surface area contributed by atoms with Gasteiger partial charge in [0.1, 0.15) is 6.04 Å². The van der Waals surface area contributed by atoms with Crippen LogP contribution in [0, 0.1) is 50.7 Å². The van der Waals surface area contributed by atoms with Crippen molar-refractivity contribution in [3.05, 3.63) is 0 Å². The van der Waals surface area contributed by atoms with E-state index in [1.54, 1.807) is 20.8 Å². The van der Waals surface area contributed by atoms with Gasteiger partial charge in [0.05, 0.1) is 43.2 Å². The summed E-state index contributed by atoms with van der Waals surface area (Å²) in [5.41, 5.74) is -1.30. The molecule has 5 aliphatic carbocycles. The van der Waals surface area contributed by atoms with Gasteiger partial charge in [0.25, 0.3) is 0 Å². The average Bonchev–Trinajstić information content (AvgIpc) is 3.65. The first-order valence-electron chi connectivity index (χ1n) is 19.2. The van der Waals surface area contributed by atoms with E-state index in [0.29, 0.717) is 38.0 Å². The van der Waals surface area contributed by atoms with Gasteiger partial charge in [0.15, 0.2) is 12.4 Å². The van der Waals surface area contributed by atoms with Gasteiger partial charge in [0, 0.05) is 18.9 Å². The Hall–Kier alpha value is -1.30. The summed E-state index contributed by atoms with van der Waals surface area (Å²) in [7, 11) is 0. The lowest BCUT2D eigenvalue weighted by atomic mass is 9.41. The summed E-state index contributed by atoms with van der Waals surface area (Å²) in [6, 6.07) is -0.566. The minimum atomic E-state index is -1.27. The fourth-order valence-electron chi connectivity index (χ4n) is 14.0. The Labute approximate surface area is 292 Å². The van der Waals surface area contributed by atoms with E-state index in [1.165, 1.54) is 19.8 Å². The molecule has 8 unspecified atom stereocenters. The highest BCUT2D eigenvalue weighted by atomic mass is 16.7. The van der Waals surface area contributed by atoms with Crippen LogP contribution in [0.3, 0.4) is 0 Å². The molecule has 2 saturated heterocycles. The molecule has 2 spiro atoms. The molecule has 278 valence electrons. The number of morpholine rings is 1. The first-order chi connectivity index (χ1) is 22.7. The molecule has 3 N–H and O–H groups in total. The lowest BCUT2D eigenvalue weighted by Crippen LogP contribution is -2.60. The van der Waals surface area contributed by atoms with Gasteiger partial charge >= 0.3 is 11.9 Å². The third-order valence-corrected chi connectivity index (χ3v) is 16.4. The van der Waals surface area contributed by atoms with Crippen LogP contribution in [-0.4, -0.2) is 100 Å². The number of carboxylic acid groups (broad SMARTS) is 1. The van der Waals surface area contributed by atoms with Crippen molar-refractivity contribution in [2.24, 2.45) is 50.7 Å². The Bertz CT molecular complexity index is 1330. The zero-order valence-corrected chi connectivity index (χ0v) is 31.4. The first-order valence-corrected chi connectivity index (χ1v) is 19.2. The highest BCUT2D eigenvalue weighted by Gasteiger charge is 2.84. The van der Waals surface area contributed by atoms with Crippen LogP contribution in [0.1, 0.15) is 114 Å². The molecular formula is C39H63NO9. The van der Waals surface area contributed by atoms with E-state index in [-0.39, 0.29) is 51.1 Å². The third-order valence-electron chi connectivity index (χ3n) is 16.4. The minimum absolute atomic E-state index is 0.0407. The second-order valence-corrected chi connectivity index (χ2v) is 19.2. The number of hydrogen-bond donors (Lipinski definition) is 3. The Morgan fingerprint density at radius 3 is 2.35 bits per heavy atom. The summed E-state index contributed by atoms with van der Waals surface area (Å²) in [5, 5.41) is 33.2. The molecule has 5 saturated carbocycles. The molecule has 49 heavy (non-hydrogen) atoms. The van der Waals surface area contributed by atoms with E-state index in [4.69, 9.17) is 18.9 Å². The molecule has 7 fully saturated rings. The Kier molecular flexibility index (Phi) is 8.54. The number of esters is 1. The topological polar surface area (TPSA) is 135 Å². The van der Waals surface area contributed by atoms with Crippen molar-refractivity contribution in [3.8, 4) is 0 Å². The van der Waals surface area contributed by atoms with Crippen molar-refractivity contribution in [3.63, 3.8) is 0 Å². The minimum Gasteiger partial charge on any atom is -0.480 e. The molecule has 2 heterocycles. The predicted molar refractivity (Wildman–Crippen MR) is 181 cm³/mol. The molecule has 10 heteroatoms. The maximum Gasteiger partial charge on any atom is 0.320 e. The number of hydrogen-bond acceptors (Lipinski definition) is 9. The van der Waals surface area contributed by atoms with Gasteiger partial charge in [-0.3, -0.25) is 14.5 Å². The van der Waals surface area contributed by atoms with Crippen LogP contribution in [0.2, 0.25) is 0 Å². The Balaban J connectivity index is 1.12. The fraction of sp³-hybridized carbons (Fsp3) is 0.949. The summed E-state index contributed by atoms with van der Waals surface area (Å²) < 4.78 is 25.3. The summed E-state index contributed by atoms with van der Waals surface area (Å²) >= 11 is 0. The quantitative estimate of drug-likeness (QED) is 0.313. The number of rotatable bonds is 7. The van der Waals surface area contributed by atoms with Crippen LogP contribution < -0.4 is 0 Å². The van der Waals surface area contributed by atoms with E-state index in [9.17, 15) is 24.9 Å². The first kappa shape index (κ1) is 36.1. The molecule has 0 aromatic rings. The number of nitrogens with zero attached hydrogens (tertiary/aromatic N) is 1. The summed E-state index contributed by atoms with van der Waals surface area (Å²) in [4.78, 5) is 25.7. The molecule has 7 aliphatic rings. The maximum atomic E-state index is 12.6. The van der Waals surface area contributed by atoms with Crippen molar-refractivity contribution < 1.29 is 43.9 Å². The normalized spacial score (nSPS) is 50.1. The fourth-order valence-corrected chi connectivity index (χ4v) is 14.0. The highest BCUT2D eigenvalue weighted by molar-refractivity contribution is 5.72. The van der Waals surface area contributed by atoms with Crippen LogP contribution in [0.25, 0.3) is 0 Å². The van der Waals surface area contributed by atoms with Crippen LogP contribution in [0.4, 0.5) is 0 Å². The Morgan fingerprint density at radius 2 is 1.69 bits per heavy atom. The molecule has 0 radical (unpaired) electrons. The van der Waals surface area contributed by atoms with Gasteiger partial charge in [-0.15, -0.1) is 0 Å². The van der Waals surface area contributed by atoms with Gasteiger partial charge in [0.2, 0.25) is 0 Å². The van der Waals surface area contributed by atoms with Crippen LogP contribution >= 0.6 is 0 Å². The number of carbonyl (C=O) groups is 2. The van der Waals surface area contributed by atoms with E-state index in [0.717, 1.165) is 32.1 Å². The van der Waals surface area contributed by atoms with Crippen LogP contribution in [0.5, 0.6) is 0 Å². The van der Waals surface area contributed by atoms with Gasteiger partial charge in [-0.25, -0.2) is 0 Å². The van der Waals surface area contributed by atoms with Crippen molar-refractivity contribution in [1.29, 1.82) is 0 Å². The zero-order valence-electron chi connectivity index (χ0n) is 31.4. The number of ether oxygens (including phenoxy) is 4. The Morgan fingerprint density at radius 1 is 1.02 bits per heavy atom. The molecule has 7 rings (SSSR count). The summed E-state index contributed by atoms with van der Waals surface area (Å²) in [6.07, 6.45) is 5.72. The largest absolute Gasteiger partial charge is 0.480 e. The van der Waals surface area contributed by atoms with Crippen molar-refractivity contribution in [2.75, 3.05) is 19.7 Å². The molecule has 0 bridgehead atoms. The second kappa shape index (κ2) is 11.6. The SMILES string of the molecule is CC(=O)O[C@@H](C1C[C@@H](C)[C@H]2C(O1)[C@H](O)[C@@]1(C)C3CC[C@H]4C(C)(C)C(O[C@H]5CN(C(C)C(=O)O)CCO5)CCC45CC35CCC21C)C(C)(C)O. The number of carbonyl (C=O) groups excluding carboxylic acids is 1. The second-order valence-electron chi connectivity index (χ2n) is 19.2. The van der Waals surface area contributed by atoms with Gasteiger partial charge in [-0.05, 0) is 117 Å². The lowest BCUT2D eigenvalue weighted by molar-refractivity contribution is -0.251. The summed E-state index contributed by atoms with van der Waals surface area (Å²) in [5.74, 6) is 0.0786. The number of carboxylic acids is 1. The van der Waals surface area contributed by atoms with Gasteiger partial charge < -0.3 is 34.3 Å². The number of aliphatic hydroxyl groups excluding tert-OH is 1. The number of aliphatic carboxylic acids is 1. The molecule has 0 amide bonds. The average molecular weight is 690 g/mol. The zero-order chi connectivity index (χ0) is 35.7. The molecule has 0 aromatic carbocycles. The van der Waals surface area contributed by atoms with E-state index >= 15 is 0 Å².